The van der Waals surface area contributed by atoms with Gasteiger partial charge in [0.15, 0.2) is 0 Å². The molecule has 0 spiro atoms. The van der Waals surface area contributed by atoms with Gasteiger partial charge < -0.3 is 15.4 Å². The minimum absolute atomic E-state index is 0.0155. The molecule has 0 aliphatic carbocycles. The third-order valence-corrected chi connectivity index (χ3v) is 3.41. The maximum atomic E-state index is 12.0. The summed E-state index contributed by atoms with van der Waals surface area (Å²) in [4.78, 5) is 14.1. The molecule has 0 unspecified atom stereocenters. The van der Waals surface area contributed by atoms with Crippen LogP contribution in [0.4, 0.5) is 5.69 Å². The maximum absolute atomic E-state index is 12.0. The second-order valence-corrected chi connectivity index (χ2v) is 4.98. The van der Waals surface area contributed by atoms with Crippen LogP contribution in [0.5, 0.6) is 5.75 Å². The van der Waals surface area contributed by atoms with Gasteiger partial charge >= 0.3 is 0 Å². The van der Waals surface area contributed by atoms with Gasteiger partial charge in [-0.1, -0.05) is 6.07 Å². The van der Waals surface area contributed by atoms with E-state index in [0.717, 1.165) is 24.3 Å². The van der Waals surface area contributed by atoms with E-state index in [9.17, 15) is 4.79 Å². The topological polar surface area (TPSA) is 53.6 Å². The number of anilines is 1. The lowest BCUT2D eigenvalue weighted by Gasteiger charge is -2.35. The van der Waals surface area contributed by atoms with Crippen molar-refractivity contribution in [2.75, 3.05) is 39.1 Å². The van der Waals surface area contributed by atoms with Crippen molar-refractivity contribution in [3.05, 3.63) is 23.8 Å². The molecule has 19 heavy (non-hydrogen) atoms. The van der Waals surface area contributed by atoms with E-state index in [1.807, 2.05) is 32.2 Å². The smallest absolute Gasteiger partial charge is 0.238 e. The van der Waals surface area contributed by atoms with Crippen LogP contribution in [-0.2, 0) is 4.79 Å². The first-order valence-corrected chi connectivity index (χ1v) is 6.45. The third kappa shape index (κ3) is 3.45. The van der Waals surface area contributed by atoms with Crippen molar-refractivity contribution in [2.45, 2.75) is 13.0 Å². The summed E-state index contributed by atoms with van der Waals surface area (Å²) in [6.07, 6.45) is 0. The first kappa shape index (κ1) is 13.8. The molecule has 1 amide bonds. The number of aryl methyl sites for hydroxylation is 1. The molecular weight excluding hydrogens is 242 g/mol. The van der Waals surface area contributed by atoms with Gasteiger partial charge in [0.2, 0.25) is 5.91 Å². The highest BCUT2D eigenvalue weighted by Crippen LogP contribution is 2.25. The zero-order valence-electron chi connectivity index (χ0n) is 11.7. The lowest BCUT2D eigenvalue weighted by Crippen LogP contribution is -2.57. The van der Waals surface area contributed by atoms with Crippen molar-refractivity contribution in [1.29, 1.82) is 0 Å². The van der Waals surface area contributed by atoms with Gasteiger partial charge in [0.05, 0.1) is 19.3 Å². The Kier molecular flexibility index (Phi) is 4.39. The molecule has 1 saturated heterocycles. The predicted molar refractivity (Wildman–Crippen MR) is 75.6 cm³/mol. The molecule has 0 aromatic heterocycles. The van der Waals surface area contributed by atoms with E-state index in [1.54, 1.807) is 7.11 Å². The van der Waals surface area contributed by atoms with Gasteiger partial charge in [0.25, 0.3) is 0 Å². The van der Waals surface area contributed by atoms with Crippen LogP contribution in [0, 0.1) is 6.92 Å². The minimum atomic E-state index is -0.0155. The average Bonchev–Trinajstić information content (AvgIpc) is 2.26. The van der Waals surface area contributed by atoms with E-state index in [4.69, 9.17) is 4.74 Å². The highest BCUT2D eigenvalue weighted by atomic mass is 16.5. The van der Waals surface area contributed by atoms with Crippen LogP contribution in [-0.4, -0.2) is 50.6 Å². The number of carbonyl (C=O) groups is 1. The molecule has 2 rings (SSSR count). The molecule has 5 nitrogen and oxygen atoms in total. The van der Waals surface area contributed by atoms with Gasteiger partial charge in [-0.25, -0.2) is 0 Å². The number of benzene rings is 1. The third-order valence-electron chi connectivity index (χ3n) is 3.41. The molecule has 0 atom stereocenters. The lowest BCUT2D eigenvalue weighted by molar-refractivity contribution is -0.117. The number of carbonyl (C=O) groups excluding carboxylic acids is 1. The fourth-order valence-electron chi connectivity index (χ4n) is 2.05. The number of nitrogens with one attached hydrogen (secondary N) is 2. The van der Waals surface area contributed by atoms with Gasteiger partial charge in [-0.05, 0) is 31.7 Å². The fourth-order valence-corrected chi connectivity index (χ4v) is 2.05. The van der Waals surface area contributed by atoms with E-state index >= 15 is 0 Å². The predicted octanol–water partition coefficient (Wildman–Crippen LogP) is 0.846. The van der Waals surface area contributed by atoms with Crippen LogP contribution < -0.4 is 15.4 Å². The van der Waals surface area contributed by atoms with Crippen LogP contribution in [0.1, 0.15) is 5.56 Å². The molecule has 5 heteroatoms. The number of nitrogens with zero attached hydrogens (tertiary/aromatic N) is 1. The summed E-state index contributed by atoms with van der Waals surface area (Å²) >= 11 is 0. The van der Waals surface area contributed by atoms with Gasteiger partial charge in [0, 0.05) is 19.1 Å². The van der Waals surface area contributed by atoms with E-state index < -0.39 is 0 Å². The van der Waals surface area contributed by atoms with Crippen molar-refractivity contribution in [1.82, 2.24) is 10.2 Å². The summed E-state index contributed by atoms with van der Waals surface area (Å²) in [5.41, 5.74) is 1.82. The average molecular weight is 263 g/mol. The standard InChI is InChI=1S/C14H21N3O2/c1-10-4-5-13(19-3)12(6-10)16-14(18)9-17(2)11-7-15-8-11/h4-6,11,15H,7-9H2,1-3H3,(H,16,18). The van der Waals surface area contributed by atoms with Crippen LogP contribution in [0.2, 0.25) is 0 Å². The molecule has 0 saturated carbocycles. The van der Waals surface area contributed by atoms with Crippen molar-refractivity contribution in [3.63, 3.8) is 0 Å². The number of ether oxygens (including phenoxy) is 1. The summed E-state index contributed by atoms with van der Waals surface area (Å²) in [5.74, 6) is 0.671. The lowest BCUT2D eigenvalue weighted by atomic mass is 10.1. The van der Waals surface area contributed by atoms with Gasteiger partial charge in [-0.3, -0.25) is 9.69 Å². The van der Waals surface area contributed by atoms with E-state index in [1.165, 1.54) is 0 Å². The second kappa shape index (κ2) is 6.04. The van der Waals surface area contributed by atoms with Crippen LogP contribution in [0.3, 0.4) is 0 Å². The minimum Gasteiger partial charge on any atom is -0.495 e. The molecule has 1 aromatic carbocycles. The summed E-state index contributed by atoms with van der Waals surface area (Å²) < 4.78 is 5.25. The van der Waals surface area contributed by atoms with Crippen molar-refractivity contribution in [2.24, 2.45) is 0 Å². The second-order valence-electron chi connectivity index (χ2n) is 4.98. The van der Waals surface area contributed by atoms with Gasteiger partial charge in [-0.2, -0.15) is 0 Å². The molecule has 0 bridgehead atoms. The number of amides is 1. The summed E-state index contributed by atoms with van der Waals surface area (Å²) in [5, 5.41) is 6.11. The molecular formula is C14H21N3O2. The van der Waals surface area contributed by atoms with Crippen LogP contribution >= 0.6 is 0 Å². The Bertz CT molecular complexity index is 458. The monoisotopic (exact) mass is 263 g/mol. The highest BCUT2D eigenvalue weighted by molar-refractivity contribution is 5.93. The van der Waals surface area contributed by atoms with E-state index in [2.05, 4.69) is 15.5 Å². The van der Waals surface area contributed by atoms with E-state index in [-0.39, 0.29) is 5.91 Å². The van der Waals surface area contributed by atoms with E-state index in [0.29, 0.717) is 18.3 Å². The molecule has 1 aliphatic rings. The molecule has 1 heterocycles. The Balaban J connectivity index is 1.95. The molecule has 1 aliphatic heterocycles. The molecule has 0 radical (unpaired) electrons. The number of rotatable bonds is 5. The Morgan fingerprint density at radius 1 is 1.53 bits per heavy atom. The van der Waals surface area contributed by atoms with Gasteiger partial charge in [0.1, 0.15) is 5.75 Å². The van der Waals surface area contributed by atoms with Crippen molar-refractivity contribution < 1.29 is 9.53 Å². The SMILES string of the molecule is COc1ccc(C)cc1NC(=O)CN(C)C1CNC1. The molecule has 1 aromatic rings. The quantitative estimate of drug-likeness (QED) is 0.827. The fraction of sp³-hybridized carbons (Fsp3) is 0.500. The van der Waals surface area contributed by atoms with Crippen molar-refractivity contribution >= 4 is 11.6 Å². The van der Waals surface area contributed by atoms with Crippen molar-refractivity contribution in [3.8, 4) is 5.75 Å². The number of hydrogen-bond acceptors (Lipinski definition) is 4. The first-order chi connectivity index (χ1) is 9.10. The normalized spacial score (nSPS) is 15.2. The zero-order chi connectivity index (χ0) is 13.8. The van der Waals surface area contributed by atoms with Crippen LogP contribution in [0.25, 0.3) is 0 Å². The summed E-state index contributed by atoms with van der Waals surface area (Å²) in [6.45, 7) is 4.29. The first-order valence-electron chi connectivity index (χ1n) is 6.45. The number of likely N-dealkylation sites (N-methyl/N-ethyl adjacent to an activating group) is 1. The molecule has 2 N–H and O–H groups in total. The van der Waals surface area contributed by atoms with Crippen LogP contribution in [0.15, 0.2) is 18.2 Å². The Morgan fingerprint density at radius 2 is 2.26 bits per heavy atom. The Hall–Kier alpha value is -1.59. The number of hydrogen-bond donors (Lipinski definition) is 2. The summed E-state index contributed by atoms with van der Waals surface area (Å²) in [7, 11) is 3.57. The summed E-state index contributed by atoms with van der Waals surface area (Å²) in [6, 6.07) is 6.21. The highest BCUT2D eigenvalue weighted by Gasteiger charge is 2.23. The zero-order valence-corrected chi connectivity index (χ0v) is 11.7. The molecule has 1 fully saturated rings. The largest absolute Gasteiger partial charge is 0.495 e. The maximum Gasteiger partial charge on any atom is 0.238 e. The Morgan fingerprint density at radius 3 is 2.84 bits per heavy atom. The Labute approximate surface area is 113 Å². The number of methoxy groups -OCH3 is 1. The molecule has 104 valence electrons. The van der Waals surface area contributed by atoms with Gasteiger partial charge in [-0.15, -0.1) is 0 Å².